The molecule has 0 saturated carbocycles. The Hall–Kier alpha value is 1.82. The molecule has 0 aromatic carbocycles. The van der Waals surface area contributed by atoms with Gasteiger partial charge < -0.3 is 17.5 Å². The van der Waals surface area contributed by atoms with E-state index in [0.717, 1.165) is 0 Å². The van der Waals surface area contributed by atoms with Crippen LogP contribution in [0.3, 0.4) is 0 Å². The van der Waals surface area contributed by atoms with Crippen LogP contribution in [0.15, 0.2) is 0 Å². The Morgan fingerprint density at radius 3 is 1.11 bits per heavy atom. The molecule has 0 unspecified atom stereocenters. The molecular formula is CH9Li2MnO4P. The van der Waals surface area contributed by atoms with Crippen LogP contribution >= 0.6 is 7.82 Å². The fourth-order valence-electron chi connectivity index (χ4n) is 0. The third-order valence-electron chi connectivity index (χ3n) is 0. The van der Waals surface area contributed by atoms with E-state index in [4.69, 9.17) is 19.2 Å². The Balaban J connectivity index is -0.00000000533. The molecule has 0 aliphatic heterocycles. The summed E-state index contributed by atoms with van der Waals surface area (Å²) in [6.07, 6.45) is 0. The molecule has 1 radical (unpaired) electrons. The van der Waals surface area contributed by atoms with Crippen molar-refractivity contribution in [2.75, 3.05) is 0 Å². The number of phosphoric acid groups is 1. The smallest absolute Gasteiger partial charge is 1.00 e. The van der Waals surface area contributed by atoms with Crippen molar-refractivity contribution in [3.8, 4) is 0 Å². The molecule has 0 aromatic heterocycles. The van der Waals surface area contributed by atoms with E-state index in [9.17, 15) is 0 Å². The zero-order valence-corrected chi connectivity index (χ0v) is 6.65. The van der Waals surface area contributed by atoms with E-state index in [-0.39, 0.29) is 65.1 Å². The predicted octanol–water partition coefficient (Wildman–Crippen LogP) is -6.06. The van der Waals surface area contributed by atoms with Crippen LogP contribution in [0.2, 0.25) is 0 Å². The van der Waals surface area contributed by atoms with E-state index in [2.05, 4.69) is 0 Å². The zero-order chi connectivity index (χ0) is 4.50. The van der Waals surface area contributed by atoms with E-state index >= 15 is 0 Å². The molecule has 0 amide bonds. The summed E-state index contributed by atoms with van der Waals surface area (Å²) >= 11 is 0. The molecule has 0 rings (SSSR count). The second kappa shape index (κ2) is 12.5. The molecule has 4 nitrogen and oxygen atoms in total. The summed E-state index contributed by atoms with van der Waals surface area (Å²) in [5, 5.41) is 0. The topological polar surface area (TPSA) is 77.8 Å². The molecule has 0 bridgehead atoms. The molecule has 9 heavy (non-hydrogen) atoms. The van der Waals surface area contributed by atoms with E-state index in [1.54, 1.807) is 0 Å². The summed E-state index contributed by atoms with van der Waals surface area (Å²) < 4.78 is 8.88. The molecule has 51 valence electrons. The van der Waals surface area contributed by atoms with Crippen molar-refractivity contribution < 1.29 is 76.9 Å². The summed E-state index contributed by atoms with van der Waals surface area (Å²) in [5.74, 6) is 0. The van der Waals surface area contributed by atoms with Gasteiger partial charge in [-0.3, -0.25) is 0 Å². The Kier molecular flexibility index (Phi) is 42.8. The van der Waals surface area contributed by atoms with Gasteiger partial charge in [-0.2, -0.15) is 0 Å². The Morgan fingerprint density at radius 1 is 1.11 bits per heavy atom. The third kappa shape index (κ3) is 181. The van der Waals surface area contributed by atoms with Crippen LogP contribution in [0.5, 0.6) is 0 Å². The first-order chi connectivity index (χ1) is 2.00. The standard InChI is InChI=1S/CH4.2Li.Mn.H3O4P.2H/c;;;;1-5(2,3)4;;/h1H4;;;;(H3,1,2,3,4);;/q;2*+1;;;2*-1. The van der Waals surface area contributed by atoms with Crippen molar-refractivity contribution >= 4 is 7.82 Å². The minimum Gasteiger partial charge on any atom is -1.00 e. The van der Waals surface area contributed by atoms with Gasteiger partial charge in [0.1, 0.15) is 0 Å². The first-order valence-corrected chi connectivity index (χ1v) is 2.35. The normalized spacial score (nSPS) is 6.56. The molecule has 0 aliphatic carbocycles. The molecule has 0 saturated heterocycles. The Labute approximate surface area is 91.8 Å². The summed E-state index contributed by atoms with van der Waals surface area (Å²) in [4.78, 5) is 21.6. The molecule has 0 aromatic rings. The monoisotopic (exact) mass is 185 g/mol. The minimum atomic E-state index is -4.64. The van der Waals surface area contributed by atoms with Crippen molar-refractivity contribution in [1.82, 2.24) is 0 Å². The van der Waals surface area contributed by atoms with Gasteiger partial charge in [0, 0.05) is 17.1 Å². The van der Waals surface area contributed by atoms with Crippen LogP contribution in [0.25, 0.3) is 0 Å². The Bertz CT molecular complexity index is 72.2. The molecule has 0 atom stereocenters. The summed E-state index contributed by atoms with van der Waals surface area (Å²) in [7, 11) is -4.64. The maximum atomic E-state index is 8.88. The average Bonchev–Trinajstić information content (AvgIpc) is 0.722. The summed E-state index contributed by atoms with van der Waals surface area (Å²) in [6, 6.07) is 0. The van der Waals surface area contributed by atoms with Gasteiger partial charge in [0.2, 0.25) is 0 Å². The van der Waals surface area contributed by atoms with E-state index in [1.165, 1.54) is 0 Å². The zero-order valence-electron chi connectivity index (χ0n) is 6.58. The first-order valence-electron chi connectivity index (χ1n) is 0.783. The molecule has 0 aliphatic rings. The van der Waals surface area contributed by atoms with Crippen molar-refractivity contribution in [1.29, 1.82) is 0 Å². The predicted molar refractivity (Wildman–Crippen MR) is 23.2 cm³/mol. The van der Waals surface area contributed by atoms with Gasteiger partial charge >= 0.3 is 45.5 Å². The molecule has 0 heterocycles. The molecular weight excluding hydrogens is 176 g/mol. The van der Waals surface area contributed by atoms with Crippen molar-refractivity contribution in [2.24, 2.45) is 0 Å². The Morgan fingerprint density at radius 2 is 1.11 bits per heavy atom. The minimum absolute atomic E-state index is 0. The van der Waals surface area contributed by atoms with Crippen LogP contribution < -0.4 is 37.7 Å². The fourth-order valence-corrected chi connectivity index (χ4v) is 0. The number of rotatable bonds is 0. The second-order valence-electron chi connectivity index (χ2n) is 0.513. The van der Waals surface area contributed by atoms with Gasteiger partial charge in [0.05, 0.1) is 0 Å². The van der Waals surface area contributed by atoms with Gasteiger partial charge in [0.15, 0.2) is 0 Å². The van der Waals surface area contributed by atoms with E-state index in [1.807, 2.05) is 0 Å². The van der Waals surface area contributed by atoms with Crippen LogP contribution in [0, 0.1) is 0 Å². The maximum Gasteiger partial charge on any atom is 1.00 e. The molecule has 0 fully saturated rings. The molecule has 8 heteroatoms. The quantitative estimate of drug-likeness (QED) is 0.259. The SMILES string of the molecule is C.O=P(O)(O)O.[H-].[H-].[Li+].[Li+].[Mn]. The second-order valence-corrected chi connectivity index (χ2v) is 1.54. The van der Waals surface area contributed by atoms with Crippen LogP contribution in [-0.4, -0.2) is 14.7 Å². The van der Waals surface area contributed by atoms with Crippen LogP contribution in [0.4, 0.5) is 0 Å². The van der Waals surface area contributed by atoms with Crippen LogP contribution in [-0.2, 0) is 21.6 Å². The van der Waals surface area contributed by atoms with Gasteiger partial charge in [-0.15, -0.1) is 0 Å². The largest absolute Gasteiger partial charge is 1.00 e. The fraction of sp³-hybridized carbons (Fsp3) is 1.00. The number of hydrogen-bond donors (Lipinski definition) is 3. The molecule has 0 spiro atoms. The van der Waals surface area contributed by atoms with Crippen LogP contribution in [0.1, 0.15) is 10.3 Å². The molecule has 3 N–H and O–H groups in total. The average molecular weight is 185 g/mol. The maximum absolute atomic E-state index is 8.88. The van der Waals surface area contributed by atoms with Gasteiger partial charge in [-0.25, -0.2) is 4.57 Å². The van der Waals surface area contributed by atoms with Gasteiger partial charge in [-0.1, -0.05) is 7.43 Å². The van der Waals surface area contributed by atoms with E-state index < -0.39 is 7.82 Å². The van der Waals surface area contributed by atoms with Crippen molar-refractivity contribution in [2.45, 2.75) is 7.43 Å². The van der Waals surface area contributed by atoms with Gasteiger partial charge in [-0.05, 0) is 0 Å². The van der Waals surface area contributed by atoms with Crippen molar-refractivity contribution in [3.63, 3.8) is 0 Å². The first kappa shape index (κ1) is 30.8. The van der Waals surface area contributed by atoms with E-state index in [0.29, 0.717) is 0 Å². The summed E-state index contributed by atoms with van der Waals surface area (Å²) in [5.41, 5.74) is 0. The van der Waals surface area contributed by atoms with Gasteiger partial charge in [0.25, 0.3) is 0 Å². The summed E-state index contributed by atoms with van der Waals surface area (Å²) in [6.45, 7) is 0. The number of hydrogen-bond acceptors (Lipinski definition) is 1. The van der Waals surface area contributed by atoms with Crippen molar-refractivity contribution in [3.05, 3.63) is 0 Å². The third-order valence-corrected chi connectivity index (χ3v) is 0.